The van der Waals surface area contributed by atoms with Gasteiger partial charge in [-0.1, -0.05) is 59.2 Å². The van der Waals surface area contributed by atoms with Gasteiger partial charge in [-0.2, -0.15) is 30.3 Å². The standard InChI is InChI=1S/C35H22N6.Ag/c1-38-21-19-36-35(38)39-20-18-23-14-15-24(22-32(23)39)40-29-11-5-4-10-27(29)28-16-17-33(37-34(28)40)41-30-12-6-2-8-25(30)26-9-3-7-13-31(26)41;/h2-12,14-21H,1H3;/q-2;. The Labute approximate surface area is 256 Å². The second-order valence-corrected chi connectivity index (χ2v) is 10.3. The second-order valence-electron chi connectivity index (χ2n) is 10.3. The van der Waals surface area contributed by atoms with E-state index in [-0.39, 0.29) is 22.4 Å². The molecule has 0 aliphatic carbocycles. The Kier molecular flexibility index (Phi) is 5.52. The zero-order valence-electron chi connectivity index (χ0n) is 22.5. The van der Waals surface area contributed by atoms with Crippen LogP contribution in [-0.4, -0.2) is 28.2 Å². The summed E-state index contributed by atoms with van der Waals surface area (Å²) in [5, 5.41) is 5.72. The SMILES string of the molecule is Cn1ccnc1-n1ccc2ccc(-n3c4ccccc4c4ccc(-n5c6[c-]cccc6c6ccccc65)nc43)[c-]c21.[Ag]. The molecule has 42 heavy (non-hydrogen) atoms. The first-order valence-corrected chi connectivity index (χ1v) is 13.6. The smallest absolute Gasteiger partial charge is 0.212 e. The summed E-state index contributed by atoms with van der Waals surface area (Å²) in [6.07, 6.45) is 5.82. The van der Waals surface area contributed by atoms with Gasteiger partial charge in [0.05, 0.1) is 5.52 Å². The first-order valence-electron chi connectivity index (χ1n) is 13.6. The fourth-order valence-electron chi connectivity index (χ4n) is 6.22. The van der Waals surface area contributed by atoms with Gasteiger partial charge in [0.25, 0.3) is 0 Å². The van der Waals surface area contributed by atoms with Crippen LogP contribution >= 0.6 is 0 Å². The first-order chi connectivity index (χ1) is 20.3. The molecule has 0 saturated carbocycles. The van der Waals surface area contributed by atoms with Gasteiger partial charge in [-0.15, -0.1) is 22.9 Å². The topological polar surface area (TPSA) is 45.5 Å². The van der Waals surface area contributed by atoms with E-state index in [4.69, 9.17) is 4.98 Å². The predicted molar refractivity (Wildman–Crippen MR) is 164 cm³/mol. The van der Waals surface area contributed by atoms with Crippen molar-refractivity contribution in [2.45, 2.75) is 0 Å². The monoisotopic (exact) mass is 633 g/mol. The van der Waals surface area contributed by atoms with E-state index in [2.05, 4.69) is 116 Å². The molecule has 0 spiro atoms. The summed E-state index contributed by atoms with van der Waals surface area (Å²) in [5.41, 5.74) is 6.00. The van der Waals surface area contributed by atoms with Gasteiger partial charge in [0.15, 0.2) is 0 Å². The van der Waals surface area contributed by atoms with E-state index in [1.165, 1.54) is 10.8 Å². The number of aromatic nitrogens is 6. The minimum atomic E-state index is 0. The molecule has 0 aliphatic heterocycles. The zero-order valence-corrected chi connectivity index (χ0v) is 23.9. The molecule has 1 radical (unpaired) electrons. The van der Waals surface area contributed by atoms with Crippen LogP contribution in [0.1, 0.15) is 0 Å². The Balaban J connectivity index is 0.00000267. The van der Waals surface area contributed by atoms with Gasteiger partial charge in [-0.3, -0.25) is 0 Å². The minimum absolute atomic E-state index is 0. The largest absolute Gasteiger partial charge is 0.320 e. The van der Waals surface area contributed by atoms with Crippen LogP contribution < -0.4 is 0 Å². The molecule has 0 bridgehead atoms. The van der Waals surface area contributed by atoms with Crippen molar-refractivity contribution in [1.29, 1.82) is 0 Å². The van der Waals surface area contributed by atoms with Crippen LogP contribution in [0.3, 0.4) is 0 Å². The number of benzene rings is 4. The van der Waals surface area contributed by atoms with Crippen LogP contribution in [0.2, 0.25) is 0 Å². The molecule has 0 unspecified atom stereocenters. The summed E-state index contributed by atoms with van der Waals surface area (Å²) in [4.78, 5) is 9.92. The number of pyridine rings is 1. The van der Waals surface area contributed by atoms with Crippen molar-refractivity contribution in [2.75, 3.05) is 0 Å². The maximum Gasteiger partial charge on any atom is 0.212 e. The summed E-state index contributed by atoms with van der Waals surface area (Å²) in [5.74, 6) is 1.70. The average Bonchev–Trinajstić information content (AvgIpc) is 3.78. The van der Waals surface area contributed by atoms with Gasteiger partial charge in [-0.25, -0.2) is 9.97 Å². The number of para-hydroxylation sites is 3. The Bertz CT molecular complexity index is 2400. The van der Waals surface area contributed by atoms with Crippen molar-refractivity contribution in [2.24, 2.45) is 7.05 Å². The minimum Gasteiger partial charge on any atom is -0.320 e. The van der Waals surface area contributed by atoms with E-state index in [1.807, 2.05) is 42.3 Å². The maximum atomic E-state index is 5.35. The van der Waals surface area contributed by atoms with Crippen molar-refractivity contribution in [3.8, 4) is 17.5 Å². The molecule has 0 fully saturated rings. The van der Waals surface area contributed by atoms with Crippen molar-refractivity contribution in [3.63, 3.8) is 0 Å². The third-order valence-corrected chi connectivity index (χ3v) is 8.07. The molecule has 0 aliphatic rings. The van der Waals surface area contributed by atoms with Crippen molar-refractivity contribution >= 4 is 54.6 Å². The summed E-state index contributed by atoms with van der Waals surface area (Å²) in [6, 6.07) is 41.0. The number of nitrogens with zero attached hydrogens (tertiary/aromatic N) is 6. The van der Waals surface area contributed by atoms with E-state index in [9.17, 15) is 0 Å². The normalized spacial score (nSPS) is 11.7. The summed E-state index contributed by atoms with van der Waals surface area (Å²) >= 11 is 0. The molecule has 5 heterocycles. The molecule has 0 saturated heterocycles. The number of rotatable bonds is 3. The molecule has 9 rings (SSSR count). The fraction of sp³-hybridized carbons (Fsp3) is 0.0286. The number of aryl methyl sites for hydroxylation is 1. The molecule has 0 N–H and O–H groups in total. The number of hydrogen-bond acceptors (Lipinski definition) is 2. The zero-order chi connectivity index (χ0) is 27.1. The number of fused-ring (bicyclic) bond motifs is 7. The molecule has 205 valence electrons. The molecule has 4 aromatic carbocycles. The molecule has 0 amide bonds. The molecule has 9 aromatic rings. The van der Waals surface area contributed by atoms with Crippen LogP contribution in [0.4, 0.5) is 0 Å². The van der Waals surface area contributed by atoms with Gasteiger partial charge in [0.2, 0.25) is 5.95 Å². The Morgan fingerprint density at radius 2 is 1.43 bits per heavy atom. The van der Waals surface area contributed by atoms with E-state index < -0.39 is 0 Å². The van der Waals surface area contributed by atoms with Crippen LogP contribution in [0.5, 0.6) is 0 Å². The van der Waals surface area contributed by atoms with Crippen molar-refractivity contribution in [3.05, 3.63) is 128 Å². The van der Waals surface area contributed by atoms with Crippen LogP contribution in [0, 0.1) is 12.1 Å². The van der Waals surface area contributed by atoms with Gasteiger partial charge in [-0.05, 0) is 35.8 Å². The molecule has 7 heteroatoms. The van der Waals surface area contributed by atoms with Gasteiger partial charge < -0.3 is 18.3 Å². The molecular weight excluding hydrogens is 612 g/mol. The quantitative estimate of drug-likeness (QED) is 0.149. The van der Waals surface area contributed by atoms with E-state index >= 15 is 0 Å². The Morgan fingerprint density at radius 1 is 0.667 bits per heavy atom. The van der Waals surface area contributed by atoms with E-state index in [1.54, 1.807) is 0 Å². The average molecular weight is 634 g/mol. The Morgan fingerprint density at radius 3 is 2.24 bits per heavy atom. The molecule has 6 nitrogen and oxygen atoms in total. The third-order valence-electron chi connectivity index (χ3n) is 8.07. The van der Waals surface area contributed by atoms with Crippen molar-refractivity contribution in [1.82, 2.24) is 28.2 Å². The van der Waals surface area contributed by atoms with Crippen LogP contribution in [0.15, 0.2) is 116 Å². The molecule has 5 aromatic heterocycles. The fourth-order valence-corrected chi connectivity index (χ4v) is 6.22. The Hall–Kier alpha value is -4.88. The van der Waals surface area contributed by atoms with E-state index in [0.29, 0.717) is 0 Å². The van der Waals surface area contributed by atoms with Crippen LogP contribution in [0.25, 0.3) is 72.1 Å². The van der Waals surface area contributed by atoms with Gasteiger partial charge in [0.1, 0.15) is 11.5 Å². The van der Waals surface area contributed by atoms with Gasteiger partial charge in [0, 0.05) is 58.1 Å². The second kappa shape index (κ2) is 9.33. The first kappa shape index (κ1) is 24.9. The van der Waals surface area contributed by atoms with Gasteiger partial charge >= 0.3 is 0 Å². The summed E-state index contributed by atoms with van der Waals surface area (Å²) in [6.45, 7) is 0. The predicted octanol–water partition coefficient (Wildman–Crippen LogP) is 7.55. The summed E-state index contributed by atoms with van der Waals surface area (Å²) < 4.78 is 8.53. The van der Waals surface area contributed by atoms with Crippen LogP contribution in [-0.2, 0) is 29.4 Å². The number of hydrogen-bond donors (Lipinski definition) is 0. The number of imidazole rings is 1. The molecule has 0 atom stereocenters. The molecular formula is C35H22AgN6-2. The third kappa shape index (κ3) is 3.43. The van der Waals surface area contributed by atoms with Crippen molar-refractivity contribution < 1.29 is 22.4 Å². The maximum absolute atomic E-state index is 5.35. The summed E-state index contributed by atoms with van der Waals surface area (Å²) in [7, 11) is 2.00. The van der Waals surface area contributed by atoms with E-state index in [0.717, 1.165) is 61.3 Å².